The summed E-state index contributed by atoms with van der Waals surface area (Å²) in [6, 6.07) is 8.29. The van der Waals surface area contributed by atoms with E-state index in [4.69, 9.17) is 14.2 Å². The number of carbonyl (C=O) groups excluding carboxylic acids is 1. The van der Waals surface area contributed by atoms with Gasteiger partial charge in [-0.25, -0.2) is 0 Å². The van der Waals surface area contributed by atoms with Crippen LogP contribution in [0, 0.1) is 23.2 Å². The number of esters is 1. The van der Waals surface area contributed by atoms with E-state index < -0.39 is 0 Å². The molecule has 1 spiro atoms. The Morgan fingerprint density at radius 1 is 1.16 bits per heavy atom. The van der Waals surface area contributed by atoms with E-state index in [9.17, 15) is 4.79 Å². The van der Waals surface area contributed by atoms with Crippen LogP contribution < -0.4 is 9.64 Å². The molecule has 2 saturated carbocycles. The molecule has 1 aromatic rings. The van der Waals surface area contributed by atoms with Gasteiger partial charge in [0.2, 0.25) is 0 Å². The molecule has 2 aliphatic carbocycles. The number of hydrogen-bond acceptors (Lipinski definition) is 6. The number of methoxy groups -OCH3 is 1. The van der Waals surface area contributed by atoms with Crippen LogP contribution >= 0.6 is 0 Å². The Morgan fingerprint density at radius 3 is 2.62 bits per heavy atom. The molecule has 0 N–H and O–H groups in total. The third-order valence-corrected chi connectivity index (χ3v) is 9.46. The minimum Gasteiger partial charge on any atom is -0.497 e. The summed E-state index contributed by atoms with van der Waals surface area (Å²) in [6.07, 6.45) is 4.94. The molecular weight excluding hydrogens is 404 g/mol. The predicted octanol–water partition coefficient (Wildman–Crippen LogP) is 3.34. The summed E-state index contributed by atoms with van der Waals surface area (Å²) in [4.78, 5) is 17.9. The zero-order valence-electron chi connectivity index (χ0n) is 19.6. The number of anilines is 1. The highest BCUT2D eigenvalue weighted by Crippen LogP contribution is 2.70. The van der Waals surface area contributed by atoms with Crippen LogP contribution in [-0.2, 0) is 14.3 Å². The second-order valence-electron chi connectivity index (χ2n) is 11.0. The van der Waals surface area contributed by atoms with Gasteiger partial charge in [0, 0.05) is 49.7 Å². The smallest absolute Gasteiger partial charge is 0.311 e. The van der Waals surface area contributed by atoms with E-state index in [1.54, 1.807) is 7.11 Å². The number of piperazine rings is 1. The van der Waals surface area contributed by atoms with Gasteiger partial charge in [-0.1, -0.05) is 20.3 Å². The van der Waals surface area contributed by atoms with Crippen molar-refractivity contribution >= 4 is 11.7 Å². The Bertz CT molecular complexity index is 882. The highest BCUT2D eigenvalue weighted by Gasteiger charge is 2.78. The lowest BCUT2D eigenvalue weighted by atomic mass is 9.53. The summed E-state index contributed by atoms with van der Waals surface area (Å²) < 4.78 is 17.9. The van der Waals surface area contributed by atoms with Crippen LogP contribution in [0.25, 0.3) is 0 Å². The van der Waals surface area contributed by atoms with E-state index in [0.29, 0.717) is 5.92 Å². The van der Waals surface area contributed by atoms with E-state index in [2.05, 4.69) is 35.8 Å². The predicted molar refractivity (Wildman–Crippen MR) is 122 cm³/mol. The second-order valence-corrected chi connectivity index (χ2v) is 11.0. The van der Waals surface area contributed by atoms with Crippen molar-refractivity contribution in [3.63, 3.8) is 0 Å². The van der Waals surface area contributed by atoms with Crippen molar-refractivity contribution in [1.29, 1.82) is 0 Å². The molecule has 6 nitrogen and oxygen atoms in total. The summed E-state index contributed by atoms with van der Waals surface area (Å²) in [5, 5.41) is 0. The summed E-state index contributed by atoms with van der Waals surface area (Å²) in [7, 11) is 1.70. The molecule has 6 rings (SSSR count). The fourth-order valence-corrected chi connectivity index (χ4v) is 7.70. The van der Waals surface area contributed by atoms with E-state index in [0.717, 1.165) is 44.9 Å². The molecule has 0 radical (unpaired) electrons. The Hall–Kier alpha value is -1.79. The van der Waals surface area contributed by atoms with Crippen molar-refractivity contribution in [2.75, 3.05) is 44.7 Å². The lowest BCUT2D eigenvalue weighted by molar-refractivity contribution is -0.146. The van der Waals surface area contributed by atoms with Gasteiger partial charge in [0.1, 0.15) is 17.5 Å². The van der Waals surface area contributed by atoms with Crippen molar-refractivity contribution in [3.05, 3.63) is 24.3 Å². The van der Waals surface area contributed by atoms with Gasteiger partial charge in [0.05, 0.1) is 19.1 Å². The molecule has 3 heterocycles. The molecule has 7 atom stereocenters. The largest absolute Gasteiger partial charge is 0.497 e. The van der Waals surface area contributed by atoms with Crippen LogP contribution in [0.1, 0.15) is 39.5 Å². The van der Waals surface area contributed by atoms with E-state index in [-0.39, 0.29) is 41.0 Å². The maximum Gasteiger partial charge on any atom is 0.311 e. The number of fused-ring (bicyclic) bond motifs is 2. The Kier molecular flexibility index (Phi) is 4.78. The lowest BCUT2D eigenvalue weighted by Gasteiger charge is -2.49. The van der Waals surface area contributed by atoms with Crippen molar-refractivity contribution in [2.24, 2.45) is 23.2 Å². The average Bonchev–Trinajstić information content (AvgIpc) is 3.49. The Labute approximate surface area is 191 Å². The number of carbonyl (C=O) groups is 1. The number of ether oxygens (including phenoxy) is 3. The molecular formula is C26H36N2O4. The summed E-state index contributed by atoms with van der Waals surface area (Å²) in [5.74, 6) is 1.67. The van der Waals surface area contributed by atoms with Gasteiger partial charge in [0.25, 0.3) is 0 Å². The fraction of sp³-hybridized carbons (Fsp3) is 0.731. The molecule has 0 bridgehead atoms. The maximum absolute atomic E-state index is 13.0. The van der Waals surface area contributed by atoms with E-state index >= 15 is 0 Å². The number of nitrogens with zero attached hydrogens (tertiary/aromatic N) is 2. The fourth-order valence-electron chi connectivity index (χ4n) is 7.70. The van der Waals surface area contributed by atoms with Crippen LogP contribution in [-0.4, -0.2) is 68.5 Å². The molecule has 5 aliphatic rings. The molecule has 5 fully saturated rings. The number of epoxide rings is 1. The van der Waals surface area contributed by atoms with Gasteiger partial charge in [-0.3, -0.25) is 9.69 Å². The first-order chi connectivity index (χ1) is 15.4. The topological polar surface area (TPSA) is 54.5 Å². The quantitative estimate of drug-likeness (QED) is 0.529. The van der Waals surface area contributed by atoms with Gasteiger partial charge >= 0.3 is 5.97 Å². The molecule has 0 amide bonds. The van der Waals surface area contributed by atoms with Gasteiger partial charge in [-0.2, -0.15) is 0 Å². The maximum atomic E-state index is 13.0. The standard InChI is InChI=1S/C26H36N2O4/c1-17-5-4-10-25(2)15-21-22(23-26(17,25)32-23)20(24(29)31-21)16-27-11-13-28(14-12-27)18-6-8-19(30-3)9-7-18/h6-9,17,20-23H,4-5,10-16H2,1-3H3/t17-,20-,21+,22+,23+,25+,26+/m0/s1. The van der Waals surface area contributed by atoms with Crippen LogP contribution in [0.2, 0.25) is 0 Å². The van der Waals surface area contributed by atoms with Crippen LogP contribution in [0.5, 0.6) is 5.75 Å². The zero-order chi connectivity index (χ0) is 22.1. The van der Waals surface area contributed by atoms with Gasteiger partial charge < -0.3 is 19.1 Å². The molecule has 0 aromatic heterocycles. The first kappa shape index (κ1) is 20.8. The van der Waals surface area contributed by atoms with E-state index in [1.165, 1.54) is 24.9 Å². The summed E-state index contributed by atoms with van der Waals surface area (Å²) in [6.45, 7) is 9.44. The zero-order valence-corrected chi connectivity index (χ0v) is 19.6. The molecule has 6 heteroatoms. The minimum atomic E-state index is -0.0458. The molecule has 3 saturated heterocycles. The molecule has 174 valence electrons. The van der Waals surface area contributed by atoms with Gasteiger partial charge in [-0.15, -0.1) is 0 Å². The average molecular weight is 441 g/mol. The Morgan fingerprint density at radius 2 is 1.91 bits per heavy atom. The normalized spacial score (nSPS) is 43.2. The Balaban J connectivity index is 1.12. The molecule has 3 aliphatic heterocycles. The molecule has 1 aromatic carbocycles. The molecule has 0 unspecified atom stereocenters. The lowest BCUT2D eigenvalue weighted by Crippen LogP contribution is -2.55. The van der Waals surface area contributed by atoms with Crippen molar-refractivity contribution in [2.45, 2.75) is 57.3 Å². The first-order valence-corrected chi connectivity index (χ1v) is 12.4. The number of hydrogen-bond donors (Lipinski definition) is 0. The second kappa shape index (κ2) is 7.36. The number of benzene rings is 1. The monoisotopic (exact) mass is 440 g/mol. The summed E-state index contributed by atoms with van der Waals surface area (Å²) in [5.41, 5.74) is 1.39. The van der Waals surface area contributed by atoms with Gasteiger partial charge in [-0.05, 0) is 49.4 Å². The van der Waals surface area contributed by atoms with Crippen molar-refractivity contribution in [3.8, 4) is 5.75 Å². The highest BCUT2D eigenvalue weighted by atomic mass is 16.6. The molecule has 32 heavy (non-hydrogen) atoms. The third kappa shape index (κ3) is 2.95. The van der Waals surface area contributed by atoms with Crippen LogP contribution in [0.15, 0.2) is 24.3 Å². The SMILES string of the molecule is COc1ccc(N2CCN(C[C@@H]3C(=O)O[C@@H]4C[C@@]5(C)CCC[C@H](C)[C@]56O[C@@H]6[C@H]34)CC2)cc1. The number of rotatable bonds is 4. The minimum absolute atomic E-state index is 0.00822. The summed E-state index contributed by atoms with van der Waals surface area (Å²) >= 11 is 0. The van der Waals surface area contributed by atoms with Crippen LogP contribution in [0.4, 0.5) is 5.69 Å². The van der Waals surface area contributed by atoms with E-state index in [1.807, 2.05) is 12.1 Å². The highest BCUT2D eigenvalue weighted by molar-refractivity contribution is 5.76. The van der Waals surface area contributed by atoms with Crippen molar-refractivity contribution < 1.29 is 19.0 Å². The van der Waals surface area contributed by atoms with Gasteiger partial charge in [0.15, 0.2) is 0 Å². The third-order valence-electron chi connectivity index (χ3n) is 9.46. The van der Waals surface area contributed by atoms with Crippen molar-refractivity contribution in [1.82, 2.24) is 4.90 Å². The first-order valence-electron chi connectivity index (χ1n) is 12.4. The van der Waals surface area contributed by atoms with Crippen LogP contribution in [0.3, 0.4) is 0 Å².